The molecular formula is C12H10N2O3. The van der Waals surface area contributed by atoms with Crippen molar-refractivity contribution in [1.82, 2.24) is 9.72 Å². The summed E-state index contributed by atoms with van der Waals surface area (Å²) in [6.07, 6.45) is 0. The largest absolute Gasteiger partial charge is 0.419 e. The first-order valence-corrected chi connectivity index (χ1v) is 5.18. The van der Waals surface area contributed by atoms with Crippen molar-refractivity contribution < 1.29 is 8.94 Å². The average Bonchev–Trinajstić information content (AvgIpc) is 2.85. The molecule has 3 aromatic rings. The maximum absolute atomic E-state index is 11.4. The fourth-order valence-electron chi connectivity index (χ4n) is 1.78. The van der Waals surface area contributed by atoms with Gasteiger partial charge in [0.15, 0.2) is 11.3 Å². The van der Waals surface area contributed by atoms with Gasteiger partial charge >= 0.3 is 5.76 Å². The van der Waals surface area contributed by atoms with Crippen molar-refractivity contribution in [2.75, 3.05) is 0 Å². The van der Waals surface area contributed by atoms with Gasteiger partial charge in [0.2, 0.25) is 0 Å². The minimum absolute atomic E-state index is 0.370. The Kier molecular flexibility index (Phi) is 1.95. The van der Waals surface area contributed by atoms with Crippen LogP contribution < -0.4 is 5.76 Å². The van der Waals surface area contributed by atoms with E-state index in [-0.39, 0.29) is 5.76 Å². The summed E-state index contributed by atoms with van der Waals surface area (Å²) in [6.45, 7) is 1.86. The highest BCUT2D eigenvalue weighted by molar-refractivity contribution is 5.79. The molecule has 0 atom stereocenters. The number of hydrogen-bond acceptors (Lipinski definition) is 4. The third-order valence-electron chi connectivity index (χ3n) is 2.70. The molecule has 2 aromatic heterocycles. The third-order valence-corrected chi connectivity index (χ3v) is 2.70. The number of fused-ring (bicyclic) bond motifs is 1. The van der Waals surface area contributed by atoms with Crippen molar-refractivity contribution in [2.24, 2.45) is 7.05 Å². The van der Waals surface area contributed by atoms with Gasteiger partial charge in [0.1, 0.15) is 0 Å². The lowest BCUT2D eigenvalue weighted by Crippen LogP contribution is -2.08. The molecule has 0 unspecified atom stereocenters. The van der Waals surface area contributed by atoms with Crippen LogP contribution in [0.4, 0.5) is 0 Å². The van der Waals surface area contributed by atoms with Crippen LogP contribution in [-0.2, 0) is 7.05 Å². The van der Waals surface area contributed by atoms with Crippen LogP contribution in [0.3, 0.4) is 0 Å². The maximum atomic E-state index is 11.4. The maximum Gasteiger partial charge on any atom is 0.419 e. The van der Waals surface area contributed by atoms with Crippen LogP contribution in [0.15, 0.2) is 38.0 Å². The van der Waals surface area contributed by atoms with Crippen molar-refractivity contribution in [3.8, 4) is 11.3 Å². The molecule has 0 saturated heterocycles. The molecule has 86 valence electrons. The molecule has 17 heavy (non-hydrogen) atoms. The number of benzene rings is 1. The quantitative estimate of drug-likeness (QED) is 0.642. The van der Waals surface area contributed by atoms with E-state index in [1.54, 1.807) is 13.1 Å². The Morgan fingerprint density at radius 1 is 1.29 bits per heavy atom. The number of aryl methyl sites for hydroxylation is 2. The molecule has 0 aliphatic carbocycles. The standard InChI is InChI=1S/C12H10N2O3/c1-7-5-11(17-13-7)8-3-4-10-9(6-8)14(2)12(15)16-10/h3-6H,1-2H3. The SMILES string of the molecule is Cc1cc(-c2ccc3oc(=O)n(C)c3c2)on1. The third kappa shape index (κ3) is 1.47. The summed E-state index contributed by atoms with van der Waals surface area (Å²) >= 11 is 0. The van der Waals surface area contributed by atoms with Gasteiger partial charge in [-0.3, -0.25) is 4.57 Å². The minimum atomic E-state index is -0.370. The van der Waals surface area contributed by atoms with Gasteiger partial charge in [-0.25, -0.2) is 4.79 Å². The van der Waals surface area contributed by atoms with E-state index >= 15 is 0 Å². The van der Waals surface area contributed by atoms with Gasteiger partial charge in [0, 0.05) is 18.7 Å². The molecule has 5 nitrogen and oxygen atoms in total. The van der Waals surface area contributed by atoms with Gasteiger partial charge in [0.05, 0.1) is 11.2 Å². The monoisotopic (exact) mass is 230 g/mol. The Morgan fingerprint density at radius 3 is 2.82 bits per heavy atom. The zero-order valence-corrected chi connectivity index (χ0v) is 9.43. The molecule has 0 N–H and O–H groups in total. The van der Waals surface area contributed by atoms with E-state index in [4.69, 9.17) is 8.94 Å². The summed E-state index contributed by atoms with van der Waals surface area (Å²) < 4.78 is 11.7. The highest BCUT2D eigenvalue weighted by Gasteiger charge is 2.09. The predicted molar refractivity (Wildman–Crippen MR) is 61.7 cm³/mol. The Hall–Kier alpha value is -2.30. The topological polar surface area (TPSA) is 61.2 Å². The number of nitrogens with zero attached hydrogens (tertiary/aromatic N) is 2. The Labute approximate surface area is 96.3 Å². The minimum Gasteiger partial charge on any atom is -0.408 e. The number of oxazole rings is 1. The molecule has 3 rings (SSSR count). The summed E-state index contributed by atoms with van der Waals surface area (Å²) in [5, 5.41) is 3.83. The van der Waals surface area contributed by atoms with Crippen LogP contribution in [0, 0.1) is 6.92 Å². The van der Waals surface area contributed by atoms with E-state index in [1.165, 1.54) is 4.57 Å². The fraction of sp³-hybridized carbons (Fsp3) is 0.167. The van der Waals surface area contributed by atoms with E-state index in [0.29, 0.717) is 11.3 Å². The molecule has 0 amide bonds. The van der Waals surface area contributed by atoms with Gasteiger partial charge in [0.25, 0.3) is 0 Å². The average molecular weight is 230 g/mol. The molecule has 0 aliphatic heterocycles. The van der Waals surface area contributed by atoms with E-state index in [0.717, 1.165) is 16.8 Å². The van der Waals surface area contributed by atoms with Gasteiger partial charge in [-0.2, -0.15) is 0 Å². The number of rotatable bonds is 1. The second-order valence-electron chi connectivity index (χ2n) is 3.94. The second kappa shape index (κ2) is 3.35. The molecule has 0 saturated carbocycles. The molecule has 0 spiro atoms. The highest BCUT2D eigenvalue weighted by Crippen LogP contribution is 2.24. The fourth-order valence-corrected chi connectivity index (χ4v) is 1.78. The molecule has 0 aliphatic rings. The first-order chi connectivity index (χ1) is 8.15. The van der Waals surface area contributed by atoms with Crippen molar-refractivity contribution >= 4 is 11.1 Å². The Bertz CT molecular complexity index is 749. The van der Waals surface area contributed by atoms with E-state index in [2.05, 4.69) is 5.16 Å². The van der Waals surface area contributed by atoms with Crippen molar-refractivity contribution in [1.29, 1.82) is 0 Å². The van der Waals surface area contributed by atoms with Crippen LogP contribution in [0.1, 0.15) is 5.69 Å². The lowest BCUT2D eigenvalue weighted by molar-refractivity contribution is 0.427. The summed E-state index contributed by atoms with van der Waals surface area (Å²) in [6, 6.07) is 7.29. The van der Waals surface area contributed by atoms with Gasteiger partial charge in [-0.15, -0.1) is 0 Å². The van der Waals surface area contributed by atoms with Crippen LogP contribution in [0.25, 0.3) is 22.4 Å². The van der Waals surface area contributed by atoms with Crippen molar-refractivity contribution in [2.45, 2.75) is 6.92 Å². The number of hydrogen-bond donors (Lipinski definition) is 0. The Morgan fingerprint density at radius 2 is 2.12 bits per heavy atom. The molecular weight excluding hydrogens is 220 g/mol. The first kappa shape index (κ1) is 9.89. The summed E-state index contributed by atoms with van der Waals surface area (Å²) in [5.41, 5.74) is 3.00. The van der Waals surface area contributed by atoms with Crippen molar-refractivity contribution in [3.63, 3.8) is 0 Å². The molecule has 0 radical (unpaired) electrons. The Balaban J connectivity index is 2.25. The smallest absolute Gasteiger partial charge is 0.408 e. The van der Waals surface area contributed by atoms with Crippen LogP contribution in [0.5, 0.6) is 0 Å². The molecule has 2 heterocycles. The van der Waals surface area contributed by atoms with Crippen LogP contribution in [0.2, 0.25) is 0 Å². The molecule has 5 heteroatoms. The predicted octanol–water partition coefficient (Wildman–Crippen LogP) is 2.09. The van der Waals surface area contributed by atoms with E-state index in [1.807, 2.05) is 25.1 Å². The van der Waals surface area contributed by atoms with E-state index in [9.17, 15) is 4.79 Å². The van der Waals surface area contributed by atoms with Gasteiger partial charge in [-0.1, -0.05) is 5.16 Å². The van der Waals surface area contributed by atoms with Gasteiger partial charge < -0.3 is 8.94 Å². The highest BCUT2D eigenvalue weighted by atomic mass is 16.5. The summed E-state index contributed by atoms with van der Waals surface area (Å²) in [7, 11) is 1.67. The summed E-state index contributed by atoms with van der Waals surface area (Å²) in [5.74, 6) is 0.309. The zero-order chi connectivity index (χ0) is 12.0. The van der Waals surface area contributed by atoms with Gasteiger partial charge in [-0.05, 0) is 25.1 Å². The first-order valence-electron chi connectivity index (χ1n) is 5.18. The number of aromatic nitrogens is 2. The summed E-state index contributed by atoms with van der Waals surface area (Å²) in [4.78, 5) is 11.4. The van der Waals surface area contributed by atoms with Crippen LogP contribution >= 0.6 is 0 Å². The van der Waals surface area contributed by atoms with E-state index < -0.39 is 0 Å². The molecule has 0 fully saturated rings. The second-order valence-corrected chi connectivity index (χ2v) is 3.94. The van der Waals surface area contributed by atoms with Crippen LogP contribution in [-0.4, -0.2) is 9.72 Å². The zero-order valence-electron chi connectivity index (χ0n) is 9.43. The van der Waals surface area contributed by atoms with Crippen molar-refractivity contribution in [3.05, 3.63) is 40.5 Å². The molecule has 0 bridgehead atoms. The molecule has 1 aromatic carbocycles. The normalized spacial score (nSPS) is 11.2. The lowest BCUT2D eigenvalue weighted by Gasteiger charge is -1.96. The lowest BCUT2D eigenvalue weighted by atomic mass is 10.1.